The molecule has 4 nitrogen and oxygen atoms in total. The lowest BCUT2D eigenvalue weighted by Gasteiger charge is -2.13. The van der Waals surface area contributed by atoms with Crippen LogP contribution in [-0.2, 0) is 0 Å². The summed E-state index contributed by atoms with van der Waals surface area (Å²) in [6, 6.07) is 73.2. The van der Waals surface area contributed by atoms with E-state index in [1.165, 1.54) is 43.6 Å². The molecule has 0 atom stereocenters. The Morgan fingerprint density at radius 1 is 0.283 bits per heavy atom. The zero-order valence-corrected chi connectivity index (χ0v) is 34.4. The molecule has 290 valence electrons. The monoisotopic (exact) mass is 774 g/mol. The molecule has 0 amide bonds. The molecule has 11 aromatic rings. The zero-order valence-electron chi connectivity index (χ0n) is 34.4. The molecule has 0 saturated heterocycles. The standard InChI is InChI=1S/C52H34N4.2C2H6/c1-2-15-35(16-3-1)46-34-47(38-19-14-22-41(33-38)56-50-29-10-6-25-44(50)45-26-7-11-30-51(45)56)54-52(53-46)39-20-12-17-36(31-39)37-18-13-21-40(32-37)55-48-27-8-4-23-42(48)43-24-5-9-28-49(43)55;2*1-2/h1-34H;2*1-2H3. The van der Waals surface area contributed by atoms with Gasteiger partial charge in [-0.2, -0.15) is 0 Å². The van der Waals surface area contributed by atoms with E-state index in [2.05, 4.69) is 209 Å². The average Bonchev–Trinajstić information content (AvgIpc) is 3.86. The maximum atomic E-state index is 5.28. The van der Waals surface area contributed by atoms with E-state index in [4.69, 9.17) is 9.97 Å². The van der Waals surface area contributed by atoms with E-state index in [1.54, 1.807) is 0 Å². The highest BCUT2D eigenvalue weighted by Gasteiger charge is 2.16. The second kappa shape index (κ2) is 16.7. The summed E-state index contributed by atoms with van der Waals surface area (Å²) in [5.41, 5.74) is 14.0. The Kier molecular flexibility index (Phi) is 10.6. The molecule has 60 heavy (non-hydrogen) atoms. The van der Waals surface area contributed by atoms with Crippen molar-refractivity contribution in [2.24, 2.45) is 0 Å². The van der Waals surface area contributed by atoms with E-state index in [0.717, 1.165) is 50.6 Å². The number of fused-ring (bicyclic) bond motifs is 6. The van der Waals surface area contributed by atoms with Crippen LogP contribution in [0.3, 0.4) is 0 Å². The van der Waals surface area contributed by atoms with Gasteiger partial charge in [0.2, 0.25) is 0 Å². The van der Waals surface area contributed by atoms with E-state index < -0.39 is 0 Å². The fourth-order valence-electron chi connectivity index (χ4n) is 8.35. The fourth-order valence-corrected chi connectivity index (χ4v) is 8.35. The smallest absolute Gasteiger partial charge is 0.160 e. The van der Waals surface area contributed by atoms with E-state index in [0.29, 0.717) is 5.82 Å². The fraction of sp³-hybridized carbons (Fsp3) is 0.0714. The normalized spacial score (nSPS) is 11.0. The molecule has 0 spiro atoms. The van der Waals surface area contributed by atoms with Crippen molar-refractivity contribution in [1.82, 2.24) is 19.1 Å². The van der Waals surface area contributed by atoms with Crippen molar-refractivity contribution in [2.75, 3.05) is 0 Å². The second-order valence-corrected chi connectivity index (χ2v) is 14.2. The van der Waals surface area contributed by atoms with Crippen molar-refractivity contribution in [3.63, 3.8) is 0 Å². The molecule has 3 aromatic heterocycles. The number of benzene rings is 8. The lowest BCUT2D eigenvalue weighted by molar-refractivity contribution is 1.16. The summed E-state index contributed by atoms with van der Waals surface area (Å²) in [6.45, 7) is 8.00. The van der Waals surface area contributed by atoms with Crippen LogP contribution in [0.25, 0.3) is 100 Å². The largest absolute Gasteiger partial charge is 0.309 e. The molecule has 0 saturated carbocycles. The summed E-state index contributed by atoms with van der Waals surface area (Å²) in [7, 11) is 0. The molecule has 0 bridgehead atoms. The van der Waals surface area contributed by atoms with Crippen LogP contribution in [0.4, 0.5) is 0 Å². The topological polar surface area (TPSA) is 35.6 Å². The summed E-state index contributed by atoms with van der Waals surface area (Å²) < 4.78 is 4.72. The van der Waals surface area contributed by atoms with Crippen LogP contribution in [-0.4, -0.2) is 19.1 Å². The van der Waals surface area contributed by atoms with Crippen molar-refractivity contribution in [1.29, 1.82) is 0 Å². The summed E-state index contributed by atoms with van der Waals surface area (Å²) >= 11 is 0. The molecule has 0 aliphatic heterocycles. The third-order valence-electron chi connectivity index (χ3n) is 10.9. The molecular formula is C56H46N4. The van der Waals surface area contributed by atoms with Crippen LogP contribution in [0.5, 0.6) is 0 Å². The van der Waals surface area contributed by atoms with Gasteiger partial charge >= 0.3 is 0 Å². The minimum absolute atomic E-state index is 0.684. The summed E-state index contributed by atoms with van der Waals surface area (Å²) in [6.07, 6.45) is 0. The van der Waals surface area contributed by atoms with Gasteiger partial charge in [-0.3, -0.25) is 0 Å². The molecular weight excluding hydrogens is 729 g/mol. The van der Waals surface area contributed by atoms with Crippen LogP contribution in [0.15, 0.2) is 206 Å². The molecule has 0 aliphatic rings. The molecule has 8 aromatic carbocycles. The number of hydrogen-bond donors (Lipinski definition) is 0. The molecule has 0 aliphatic carbocycles. The molecule has 0 N–H and O–H groups in total. The molecule has 4 heteroatoms. The van der Waals surface area contributed by atoms with Crippen LogP contribution in [0, 0.1) is 0 Å². The van der Waals surface area contributed by atoms with Crippen LogP contribution in [0.2, 0.25) is 0 Å². The Balaban J connectivity index is 0.00000112. The SMILES string of the molecule is CC.CC.c1ccc(-c2cc(-c3cccc(-n4c5ccccc5c5ccccc54)c3)nc(-c3cccc(-c4cccc(-n5c6ccccc6c6ccccc65)c4)c3)n2)cc1. The maximum absolute atomic E-state index is 5.28. The highest BCUT2D eigenvalue weighted by Crippen LogP contribution is 2.36. The lowest BCUT2D eigenvalue weighted by atomic mass is 10.0. The highest BCUT2D eigenvalue weighted by molar-refractivity contribution is 6.10. The number of aromatic nitrogens is 4. The summed E-state index contributed by atoms with van der Waals surface area (Å²) in [4.78, 5) is 10.5. The Morgan fingerprint density at radius 3 is 1.13 bits per heavy atom. The van der Waals surface area contributed by atoms with Gasteiger partial charge < -0.3 is 9.13 Å². The average molecular weight is 775 g/mol. The van der Waals surface area contributed by atoms with Gasteiger partial charge in [-0.05, 0) is 71.8 Å². The number of nitrogens with zero attached hydrogens (tertiary/aromatic N) is 4. The van der Waals surface area contributed by atoms with E-state index in [-0.39, 0.29) is 0 Å². The number of para-hydroxylation sites is 4. The van der Waals surface area contributed by atoms with Gasteiger partial charge in [0, 0.05) is 49.6 Å². The van der Waals surface area contributed by atoms with Crippen molar-refractivity contribution < 1.29 is 0 Å². The van der Waals surface area contributed by atoms with E-state index in [9.17, 15) is 0 Å². The molecule has 0 fully saturated rings. The minimum Gasteiger partial charge on any atom is -0.309 e. The lowest BCUT2D eigenvalue weighted by Crippen LogP contribution is -1.98. The third-order valence-corrected chi connectivity index (χ3v) is 10.9. The van der Waals surface area contributed by atoms with Crippen molar-refractivity contribution in [2.45, 2.75) is 27.7 Å². The van der Waals surface area contributed by atoms with E-state index >= 15 is 0 Å². The third kappa shape index (κ3) is 6.82. The van der Waals surface area contributed by atoms with Gasteiger partial charge in [-0.25, -0.2) is 9.97 Å². The Labute approximate surface area is 351 Å². The van der Waals surface area contributed by atoms with Crippen molar-refractivity contribution in [3.8, 4) is 56.4 Å². The second-order valence-electron chi connectivity index (χ2n) is 14.2. The Morgan fingerprint density at radius 2 is 0.633 bits per heavy atom. The number of rotatable bonds is 6. The Bertz CT molecular complexity index is 3150. The van der Waals surface area contributed by atoms with Gasteiger partial charge in [-0.1, -0.05) is 173 Å². The minimum atomic E-state index is 0.684. The molecule has 0 unspecified atom stereocenters. The molecule has 0 radical (unpaired) electrons. The van der Waals surface area contributed by atoms with Crippen LogP contribution < -0.4 is 0 Å². The van der Waals surface area contributed by atoms with Gasteiger partial charge in [0.05, 0.1) is 33.5 Å². The predicted octanol–water partition coefficient (Wildman–Crippen LogP) is 15.4. The van der Waals surface area contributed by atoms with Gasteiger partial charge in [0.1, 0.15) is 0 Å². The maximum Gasteiger partial charge on any atom is 0.160 e. The van der Waals surface area contributed by atoms with Gasteiger partial charge in [0.15, 0.2) is 5.82 Å². The van der Waals surface area contributed by atoms with E-state index in [1.807, 2.05) is 33.8 Å². The Hall–Kier alpha value is -7.56. The molecule has 3 heterocycles. The first-order valence-electron chi connectivity index (χ1n) is 21.0. The van der Waals surface area contributed by atoms with Crippen molar-refractivity contribution >= 4 is 43.6 Å². The highest BCUT2D eigenvalue weighted by atomic mass is 15.0. The first-order valence-corrected chi connectivity index (χ1v) is 21.0. The van der Waals surface area contributed by atoms with Gasteiger partial charge in [-0.15, -0.1) is 0 Å². The van der Waals surface area contributed by atoms with Gasteiger partial charge in [0.25, 0.3) is 0 Å². The summed E-state index contributed by atoms with van der Waals surface area (Å²) in [5, 5.41) is 4.99. The van der Waals surface area contributed by atoms with Crippen LogP contribution >= 0.6 is 0 Å². The zero-order chi connectivity index (χ0) is 41.0. The number of hydrogen-bond acceptors (Lipinski definition) is 2. The van der Waals surface area contributed by atoms with Crippen molar-refractivity contribution in [3.05, 3.63) is 206 Å². The first-order chi connectivity index (χ1) is 29.8. The van der Waals surface area contributed by atoms with Crippen LogP contribution in [0.1, 0.15) is 27.7 Å². The summed E-state index contributed by atoms with van der Waals surface area (Å²) in [5.74, 6) is 0.684. The quantitative estimate of drug-likeness (QED) is 0.169. The molecule has 11 rings (SSSR count). The predicted molar refractivity (Wildman–Crippen MR) is 255 cm³/mol. The first kappa shape index (κ1) is 38.0.